The van der Waals surface area contributed by atoms with Crippen molar-refractivity contribution < 1.29 is 21.6 Å². The Labute approximate surface area is 169 Å². The molecule has 0 bridgehead atoms. The fraction of sp³-hybridized carbons (Fsp3) is 0.278. The van der Waals surface area contributed by atoms with Crippen LogP contribution in [0.25, 0.3) is 0 Å². The minimum atomic E-state index is -3.87. The predicted molar refractivity (Wildman–Crippen MR) is 108 cm³/mol. The summed E-state index contributed by atoms with van der Waals surface area (Å²) in [6.45, 7) is 1.81. The number of aryl methyl sites for hydroxylation is 1. The molecular weight excluding hydrogens is 424 g/mol. The second kappa shape index (κ2) is 7.82. The number of rotatable bonds is 5. The highest BCUT2D eigenvalue weighted by atomic mass is 35.5. The summed E-state index contributed by atoms with van der Waals surface area (Å²) in [4.78, 5) is 12.4. The van der Waals surface area contributed by atoms with E-state index in [1.807, 2.05) is 6.92 Å². The third kappa shape index (κ3) is 4.91. The minimum Gasteiger partial charge on any atom is -0.322 e. The molecule has 0 radical (unpaired) electrons. The molecule has 1 saturated heterocycles. The van der Waals surface area contributed by atoms with E-state index in [2.05, 4.69) is 10.0 Å². The second-order valence-electron chi connectivity index (χ2n) is 6.66. The van der Waals surface area contributed by atoms with Gasteiger partial charge in [0.15, 0.2) is 9.84 Å². The topological polar surface area (TPSA) is 109 Å². The number of carbonyl (C=O) groups is 1. The molecule has 0 aliphatic carbocycles. The van der Waals surface area contributed by atoms with Gasteiger partial charge in [-0.25, -0.2) is 21.6 Å². The first-order valence-electron chi connectivity index (χ1n) is 8.46. The van der Waals surface area contributed by atoms with Crippen molar-refractivity contribution in [3.8, 4) is 0 Å². The molecule has 1 aliphatic heterocycles. The van der Waals surface area contributed by atoms with Crippen LogP contribution in [0.4, 0.5) is 5.69 Å². The molecule has 1 atom stereocenters. The molecule has 2 N–H and O–H groups in total. The van der Waals surface area contributed by atoms with Gasteiger partial charge in [0.1, 0.15) is 0 Å². The highest BCUT2D eigenvalue weighted by Crippen LogP contribution is 2.21. The number of hydrogen-bond donors (Lipinski definition) is 2. The van der Waals surface area contributed by atoms with Gasteiger partial charge in [0.25, 0.3) is 5.91 Å². The lowest BCUT2D eigenvalue weighted by Gasteiger charge is -2.12. The van der Waals surface area contributed by atoms with Gasteiger partial charge in [-0.15, -0.1) is 0 Å². The van der Waals surface area contributed by atoms with Gasteiger partial charge >= 0.3 is 0 Å². The fourth-order valence-corrected chi connectivity index (χ4v) is 6.20. The number of anilines is 1. The number of hydrogen-bond acceptors (Lipinski definition) is 5. The minimum absolute atomic E-state index is 0.0244. The summed E-state index contributed by atoms with van der Waals surface area (Å²) < 4.78 is 50.2. The molecule has 2 aromatic carbocycles. The van der Waals surface area contributed by atoms with Crippen molar-refractivity contribution >= 4 is 43.1 Å². The first-order valence-corrected chi connectivity index (χ1v) is 12.1. The second-order valence-corrected chi connectivity index (χ2v) is 11.0. The maximum absolute atomic E-state index is 12.4. The van der Waals surface area contributed by atoms with Crippen LogP contribution in [0.3, 0.4) is 0 Å². The fourth-order valence-electron chi connectivity index (χ4n) is 2.92. The van der Waals surface area contributed by atoms with E-state index in [0.29, 0.717) is 10.7 Å². The number of amides is 1. The molecule has 0 saturated carbocycles. The summed E-state index contributed by atoms with van der Waals surface area (Å²) in [6.07, 6.45) is 0.252. The smallest absolute Gasteiger partial charge is 0.255 e. The highest BCUT2D eigenvalue weighted by Gasteiger charge is 2.31. The molecule has 1 heterocycles. The Bertz CT molecular complexity index is 1110. The molecule has 0 spiro atoms. The number of sulfone groups is 1. The maximum atomic E-state index is 12.4. The molecule has 0 aromatic heterocycles. The van der Waals surface area contributed by atoms with E-state index >= 15 is 0 Å². The number of nitrogens with one attached hydrogen (secondary N) is 2. The standard InChI is InChI=1S/C18H19ClN2O5S2/c1-12-10-14(19)4-7-17(12)20-18(22)13-2-5-16(6-3-13)28(25,26)21-15-8-9-27(23,24)11-15/h2-7,10,15,21H,8-9,11H2,1H3,(H,20,22). The van der Waals surface area contributed by atoms with Crippen LogP contribution in [0.5, 0.6) is 0 Å². The van der Waals surface area contributed by atoms with E-state index in [4.69, 9.17) is 11.6 Å². The largest absolute Gasteiger partial charge is 0.322 e. The van der Waals surface area contributed by atoms with Crippen molar-refractivity contribution in [1.82, 2.24) is 4.72 Å². The average molecular weight is 443 g/mol. The lowest BCUT2D eigenvalue weighted by Crippen LogP contribution is -2.35. The predicted octanol–water partition coefficient (Wildman–Crippen LogP) is 2.37. The Morgan fingerprint density at radius 1 is 1.14 bits per heavy atom. The Hall–Kier alpha value is -1.94. The zero-order valence-corrected chi connectivity index (χ0v) is 17.4. The van der Waals surface area contributed by atoms with Crippen molar-refractivity contribution in [1.29, 1.82) is 0 Å². The van der Waals surface area contributed by atoms with E-state index in [-0.39, 0.29) is 34.3 Å². The summed E-state index contributed by atoms with van der Waals surface area (Å²) in [6, 6.07) is 9.88. The Morgan fingerprint density at radius 3 is 2.39 bits per heavy atom. The summed E-state index contributed by atoms with van der Waals surface area (Å²) in [5.74, 6) is -0.611. The third-order valence-electron chi connectivity index (χ3n) is 4.42. The van der Waals surface area contributed by atoms with Crippen LogP contribution in [-0.4, -0.2) is 40.3 Å². The van der Waals surface area contributed by atoms with Crippen LogP contribution in [0.15, 0.2) is 47.4 Å². The highest BCUT2D eigenvalue weighted by molar-refractivity contribution is 7.92. The number of halogens is 1. The van der Waals surface area contributed by atoms with Gasteiger partial charge < -0.3 is 5.32 Å². The van der Waals surface area contributed by atoms with Gasteiger partial charge in [-0.05, 0) is 61.4 Å². The summed E-state index contributed by atoms with van der Waals surface area (Å²) >= 11 is 5.90. The molecule has 1 amide bonds. The molecule has 10 heteroatoms. The quantitative estimate of drug-likeness (QED) is 0.738. The molecule has 1 fully saturated rings. The molecule has 7 nitrogen and oxygen atoms in total. The Kier molecular flexibility index (Phi) is 5.81. The number of sulfonamides is 1. The molecule has 1 aliphatic rings. The van der Waals surface area contributed by atoms with Crippen molar-refractivity contribution in [2.75, 3.05) is 16.8 Å². The monoisotopic (exact) mass is 442 g/mol. The SMILES string of the molecule is Cc1cc(Cl)ccc1NC(=O)c1ccc(S(=O)(=O)NC2CCS(=O)(=O)C2)cc1. The van der Waals surface area contributed by atoms with Crippen LogP contribution >= 0.6 is 11.6 Å². The van der Waals surface area contributed by atoms with Crippen LogP contribution in [0.2, 0.25) is 5.02 Å². The van der Waals surface area contributed by atoms with Gasteiger partial charge in [-0.3, -0.25) is 4.79 Å². The van der Waals surface area contributed by atoms with Crippen molar-refractivity contribution in [2.45, 2.75) is 24.3 Å². The molecular formula is C18H19ClN2O5S2. The summed E-state index contributed by atoms with van der Waals surface area (Å²) in [5.41, 5.74) is 1.70. The first-order chi connectivity index (χ1) is 13.1. The zero-order valence-electron chi connectivity index (χ0n) is 15.0. The van der Waals surface area contributed by atoms with Gasteiger partial charge in [-0.1, -0.05) is 11.6 Å². The van der Waals surface area contributed by atoms with Crippen LogP contribution in [0.1, 0.15) is 22.3 Å². The molecule has 150 valence electrons. The lowest BCUT2D eigenvalue weighted by atomic mass is 10.1. The van der Waals surface area contributed by atoms with Crippen molar-refractivity contribution in [2.24, 2.45) is 0 Å². The zero-order chi connectivity index (χ0) is 20.5. The van der Waals surface area contributed by atoms with E-state index in [1.165, 1.54) is 24.3 Å². The average Bonchev–Trinajstić information content (AvgIpc) is 2.95. The van der Waals surface area contributed by atoms with Gasteiger partial charge in [0.05, 0.1) is 16.4 Å². The first kappa shape index (κ1) is 20.8. The lowest BCUT2D eigenvalue weighted by molar-refractivity contribution is 0.102. The van der Waals surface area contributed by atoms with Crippen molar-refractivity contribution in [3.05, 3.63) is 58.6 Å². The number of carbonyl (C=O) groups excluding carboxylic acids is 1. The van der Waals surface area contributed by atoms with E-state index in [0.717, 1.165) is 5.56 Å². The van der Waals surface area contributed by atoms with Gasteiger partial charge in [-0.2, -0.15) is 0 Å². The van der Waals surface area contributed by atoms with E-state index in [1.54, 1.807) is 18.2 Å². The van der Waals surface area contributed by atoms with Gasteiger partial charge in [0, 0.05) is 22.3 Å². The molecule has 3 rings (SSSR count). The normalized spacial score (nSPS) is 18.7. The van der Waals surface area contributed by atoms with Crippen molar-refractivity contribution in [3.63, 3.8) is 0 Å². The Morgan fingerprint density at radius 2 is 1.82 bits per heavy atom. The Balaban J connectivity index is 1.71. The van der Waals surface area contributed by atoms with Gasteiger partial charge in [0.2, 0.25) is 10.0 Å². The van der Waals surface area contributed by atoms with Crippen LogP contribution < -0.4 is 10.0 Å². The van der Waals surface area contributed by atoms with Crippen LogP contribution in [-0.2, 0) is 19.9 Å². The third-order valence-corrected chi connectivity index (χ3v) is 7.96. The van der Waals surface area contributed by atoms with E-state index in [9.17, 15) is 21.6 Å². The van der Waals surface area contributed by atoms with E-state index < -0.39 is 25.9 Å². The molecule has 2 aromatic rings. The number of benzene rings is 2. The maximum Gasteiger partial charge on any atom is 0.255 e. The summed E-state index contributed by atoms with van der Waals surface area (Å²) in [5, 5.41) is 3.31. The molecule has 28 heavy (non-hydrogen) atoms. The molecule has 1 unspecified atom stereocenters. The summed E-state index contributed by atoms with van der Waals surface area (Å²) in [7, 11) is -7.06. The van der Waals surface area contributed by atoms with Crippen LogP contribution in [0, 0.1) is 6.92 Å².